The van der Waals surface area contributed by atoms with Crippen LogP contribution in [0.1, 0.15) is 52.4 Å². The Kier molecular flexibility index (Phi) is 9.80. The number of likely N-dealkylation sites (N-methyl/N-ethyl adjacent to an activating group) is 2. The summed E-state index contributed by atoms with van der Waals surface area (Å²) in [4.78, 5) is 27.8. The van der Waals surface area contributed by atoms with Crippen molar-refractivity contribution in [3.8, 4) is 0 Å². The summed E-state index contributed by atoms with van der Waals surface area (Å²) in [5.74, 6) is 2.52. The monoisotopic (exact) mass is 449 g/mol. The topological polar surface area (TPSA) is 85.5 Å². The van der Waals surface area contributed by atoms with Crippen molar-refractivity contribution >= 4 is 11.8 Å². The smallest absolute Gasteiger partial charge is 0.225 e. The van der Waals surface area contributed by atoms with Crippen molar-refractivity contribution in [3.63, 3.8) is 0 Å². The summed E-state index contributed by atoms with van der Waals surface area (Å²) in [6.45, 7) is 9.75. The molecule has 2 aliphatic heterocycles. The molecule has 7 heteroatoms. The van der Waals surface area contributed by atoms with Crippen LogP contribution in [-0.4, -0.2) is 76.1 Å². The molecule has 0 radical (unpaired) electrons. The maximum Gasteiger partial charge on any atom is 0.225 e. The second-order valence-electron chi connectivity index (χ2n) is 11.0. The van der Waals surface area contributed by atoms with E-state index in [-0.39, 0.29) is 29.7 Å². The lowest BCUT2D eigenvalue weighted by atomic mass is 9.71. The molecule has 4 N–H and O–H groups in total. The van der Waals surface area contributed by atoms with Gasteiger partial charge in [-0.1, -0.05) is 19.8 Å². The van der Waals surface area contributed by atoms with E-state index in [4.69, 9.17) is 0 Å². The molecule has 0 spiro atoms. The molecule has 1 aliphatic carbocycles. The minimum absolute atomic E-state index is 0.0216. The van der Waals surface area contributed by atoms with Gasteiger partial charge in [-0.2, -0.15) is 0 Å². The Hall–Kier alpha value is -1.18. The molecule has 3 aliphatic rings. The third-order valence-corrected chi connectivity index (χ3v) is 8.19. The lowest BCUT2D eigenvalue weighted by Gasteiger charge is -2.40. The zero-order valence-electron chi connectivity index (χ0n) is 20.8. The van der Waals surface area contributed by atoms with Crippen molar-refractivity contribution in [1.82, 2.24) is 26.2 Å². The predicted octanol–water partition coefficient (Wildman–Crippen LogP) is 1.45. The molecular formula is C25H47N5O2. The second kappa shape index (κ2) is 12.3. The van der Waals surface area contributed by atoms with Crippen LogP contribution in [-0.2, 0) is 9.59 Å². The van der Waals surface area contributed by atoms with Gasteiger partial charge in [0.25, 0.3) is 0 Å². The molecule has 1 saturated carbocycles. The quantitative estimate of drug-likeness (QED) is 0.428. The number of amides is 2. The molecule has 184 valence electrons. The molecule has 0 bridgehead atoms. The van der Waals surface area contributed by atoms with Crippen molar-refractivity contribution < 1.29 is 9.59 Å². The Morgan fingerprint density at radius 1 is 1.12 bits per heavy atom. The van der Waals surface area contributed by atoms with E-state index in [0.717, 1.165) is 50.9 Å². The number of hydrogen-bond acceptors (Lipinski definition) is 5. The number of nitrogens with one attached hydrogen (secondary N) is 4. The normalized spacial score (nSPS) is 36.0. The SMILES string of the molecule is CNCCN(C)CC1CCCC(C2CNCC(C(=O)NCC3C(=O)NC(C)CC3C)C2)C1. The summed E-state index contributed by atoms with van der Waals surface area (Å²) >= 11 is 0. The van der Waals surface area contributed by atoms with E-state index in [1.54, 1.807) is 0 Å². The molecule has 2 saturated heterocycles. The van der Waals surface area contributed by atoms with Gasteiger partial charge in [0.1, 0.15) is 0 Å². The van der Waals surface area contributed by atoms with Crippen LogP contribution in [0.3, 0.4) is 0 Å². The van der Waals surface area contributed by atoms with E-state index in [9.17, 15) is 9.59 Å². The van der Waals surface area contributed by atoms with Crippen molar-refractivity contribution in [2.24, 2.45) is 35.5 Å². The van der Waals surface area contributed by atoms with Gasteiger partial charge in [-0.05, 0) is 76.9 Å². The van der Waals surface area contributed by atoms with Crippen LogP contribution < -0.4 is 21.3 Å². The molecule has 0 aromatic rings. The Balaban J connectivity index is 1.46. The minimum atomic E-state index is -0.110. The average Bonchev–Trinajstić information content (AvgIpc) is 2.77. The highest BCUT2D eigenvalue weighted by atomic mass is 16.2. The molecule has 3 fully saturated rings. The van der Waals surface area contributed by atoms with Gasteiger partial charge in [0.05, 0.1) is 11.8 Å². The van der Waals surface area contributed by atoms with Gasteiger partial charge in [0.15, 0.2) is 0 Å². The summed E-state index contributed by atoms with van der Waals surface area (Å²) in [5.41, 5.74) is 0. The number of nitrogens with zero attached hydrogens (tertiary/aromatic N) is 1. The van der Waals surface area contributed by atoms with Crippen LogP contribution in [0.2, 0.25) is 0 Å². The standard InChI is InChI=1S/C25H47N5O2/c1-17-10-18(2)29-25(32)23(17)15-28-24(31)22-12-21(13-27-14-22)20-7-5-6-19(11-20)16-30(4)9-8-26-3/h17-23,26-27H,5-16H2,1-4H3,(H,28,31)(H,29,32). The fourth-order valence-corrected chi connectivity index (χ4v) is 6.33. The largest absolute Gasteiger partial charge is 0.355 e. The van der Waals surface area contributed by atoms with Crippen molar-refractivity contribution in [2.45, 2.75) is 58.4 Å². The molecule has 7 nitrogen and oxygen atoms in total. The maximum atomic E-state index is 13.0. The van der Waals surface area contributed by atoms with Crippen LogP contribution in [0.4, 0.5) is 0 Å². The molecule has 2 heterocycles. The van der Waals surface area contributed by atoms with Gasteiger partial charge >= 0.3 is 0 Å². The van der Waals surface area contributed by atoms with Crippen LogP contribution >= 0.6 is 0 Å². The number of piperidine rings is 2. The van der Waals surface area contributed by atoms with Crippen LogP contribution in [0, 0.1) is 35.5 Å². The van der Waals surface area contributed by atoms with E-state index in [1.807, 2.05) is 14.0 Å². The van der Waals surface area contributed by atoms with Gasteiger partial charge in [0.2, 0.25) is 11.8 Å². The third-order valence-electron chi connectivity index (χ3n) is 8.19. The van der Waals surface area contributed by atoms with Gasteiger partial charge in [-0.15, -0.1) is 0 Å². The molecule has 7 unspecified atom stereocenters. The molecule has 3 rings (SSSR count). The molecule has 0 aromatic carbocycles. The predicted molar refractivity (Wildman–Crippen MR) is 129 cm³/mol. The first kappa shape index (κ1) is 25.4. The molecular weight excluding hydrogens is 402 g/mol. The van der Waals surface area contributed by atoms with E-state index in [2.05, 4.69) is 40.1 Å². The van der Waals surface area contributed by atoms with Crippen LogP contribution in [0.15, 0.2) is 0 Å². The summed E-state index contributed by atoms with van der Waals surface area (Å²) in [5, 5.41) is 12.9. The Morgan fingerprint density at radius 3 is 2.69 bits per heavy atom. The first-order chi connectivity index (χ1) is 15.4. The molecule has 32 heavy (non-hydrogen) atoms. The molecule has 7 atom stereocenters. The first-order valence-corrected chi connectivity index (χ1v) is 13.0. The number of rotatable bonds is 9. The average molecular weight is 450 g/mol. The number of hydrogen-bond donors (Lipinski definition) is 4. The van der Waals surface area contributed by atoms with Gasteiger partial charge in [-0.25, -0.2) is 0 Å². The highest BCUT2D eigenvalue weighted by Gasteiger charge is 2.36. The zero-order chi connectivity index (χ0) is 23.1. The minimum Gasteiger partial charge on any atom is -0.355 e. The highest BCUT2D eigenvalue weighted by Crippen LogP contribution is 2.37. The van der Waals surface area contributed by atoms with Gasteiger partial charge < -0.3 is 26.2 Å². The fourth-order valence-electron chi connectivity index (χ4n) is 6.33. The fraction of sp³-hybridized carbons (Fsp3) is 0.920. The van der Waals surface area contributed by atoms with E-state index >= 15 is 0 Å². The Labute approximate surface area is 195 Å². The summed E-state index contributed by atoms with van der Waals surface area (Å²) < 4.78 is 0. The molecule has 2 amide bonds. The van der Waals surface area contributed by atoms with Crippen molar-refractivity contribution in [3.05, 3.63) is 0 Å². The Bertz CT molecular complexity index is 615. The summed E-state index contributed by atoms with van der Waals surface area (Å²) in [7, 11) is 4.25. The number of carbonyl (C=O) groups excluding carboxylic acids is 2. The van der Waals surface area contributed by atoms with Gasteiger partial charge in [-0.3, -0.25) is 9.59 Å². The van der Waals surface area contributed by atoms with Crippen LogP contribution in [0.5, 0.6) is 0 Å². The van der Waals surface area contributed by atoms with E-state index in [1.165, 1.54) is 32.2 Å². The third kappa shape index (κ3) is 7.16. The molecule has 0 aromatic heterocycles. The summed E-state index contributed by atoms with van der Waals surface area (Å²) in [6.07, 6.45) is 7.21. The van der Waals surface area contributed by atoms with Crippen molar-refractivity contribution in [1.29, 1.82) is 0 Å². The van der Waals surface area contributed by atoms with E-state index < -0.39 is 0 Å². The zero-order valence-corrected chi connectivity index (χ0v) is 20.8. The summed E-state index contributed by atoms with van der Waals surface area (Å²) in [6, 6.07) is 0.232. The maximum absolute atomic E-state index is 13.0. The van der Waals surface area contributed by atoms with Gasteiger partial charge in [0, 0.05) is 38.8 Å². The lowest BCUT2D eigenvalue weighted by molar-refractivity contribution is -0.131. The van der Waals surface area contributed by atoms with E-state index in [0.29, 0.717) is 18.4 Å². The lowest BCUT2D eigenvalue weighted by Crippen LogP contribution is -2.52. The number of carbonyl (C=O) groups is 2. The van der Waals surface area contributed by atoms with Crippen molar-refractivity contribution in [2.75, 3.05) is 53.4 Å². The van der Waals surface area contributed by atoms with Crippen LogP contribution in [0.25, 0.3) is 0 Å². The second-order valence-corrected chi connectivity index (χ2v) is 11.0. The Morgan fingerprint density at radius 2 is 1.94 bits per heavy atom. The highest BCUT2D eigenvalue weighted by molar-refractivity contribution is 5.82. The first-order valence-electron chi connectivity index (χ1n) is 13.0.